The van der Waals surface area contributed by atoms with Crippen LogP contribution in [0.3, 0.4) is 0 Å². The molecule has 0 bridgehead atoms. The standard InChI is InChI=1S/C16H32N2O2/c1-7-14-10-9-12(3)18(14)13(4)11-16(5,17-6)15(19)20-8-2/h12-14,17H,7-11H2,1-6H3. The van der Waals surface area contributed by atoms with Gasteiger partial charge in [-0.25, -0.2) is 0 Å². The molecule has 1 heterocycles. The fourth-order valence-electron chi connectivity index (χ4n) is 3.57. The van der Waals surface area contributed by atoms with Crippen molar-refractivity contribution in [3.63, 3.8) is 0 Å². The molecule has 4 nitrogen and oxygen atoms in total. The number of likely N-dealkylation sites (tertiary alicyclic amines) is 1. The largest absolute Gasteiger partial charge is 0.465 e. The first-order valence-corrected chi connectivity index (χ1v) is 8.03. The van der Waals surface area contributed by atoms with Crippen LogP contribution >= 0.6 is 0 Å². The molecule has 1 aliphatic rings. The SMILES string of the molecule is CCOC(=O)C(C)(CC(C)N1C(C)CCC1CC)NC. The minimum atomic E-state index is -0.601. The maximum atomic E-state index is 12.2. The Balaban J connectivity index is 2.75. The van der Waals surface area contributed by atoms with Gasteiger partial charge in [0.15, 0.2) is 0 Å². The molecule has 1 fully saturated rings. The summed E-state index contributed by atoms with van der Waals surface area (Å²) in [6.07, 6.45) is 4.50. The third kappa shape index (κ3) is 3.73. The van der Waals surface area contributed by atoms with Crippen molar-refractivity contribution in [1.29, 1.82) is 0 Å². The fraction of sp³-hybridized carbons (Fsp3) is 0.938. The molecule has 4 unspecified atom stereocenters. The number of likely N-dealkylation sites (N-methyl/N-ethyl adjacent to an activating group) is 1. The highest BCUT2D eigenvalue weighted by molar-refractivity contribution is 5.80. The quantitative estimate of drug-likeness (QED) is 0.730. The Labute approximate surface area is 124 Å². The van der Waals surface area contributed by atoms with Gasteiger partial charge in [-0.3, -0.25) is 9.69 Å². The Kier molecular flexibility index (Phi) is 6.46. The molecular weight excluding hydrogens is 252 g/mol. The van der Waals surface area contributed by atoms with Gasteiger partial charge in [-0.2, -0.15) is 0 Å². The average molecular weight is 284 g/mol. The van der Waals surface area contributed by atoms with Crippen molar-refractivity contribution in [1.82, 2.24) is 10.2 Å². The molecule has 0 aliphatic carbocycles. The van der Waals surface area contributed by atoms with Gasteiger partial charge in [0.2, 0.25) is 0 Å². The van der Waals surface area contributed by atoms with Crippen LogP contribution in [-0.4, -0.2) is 48.2 Å². The summed E-state index contributed by atoms with van der Waals surface area (Å²) in [5.41, 5.74) is -0.601. The normalized spacial score (nSPS) is 28.1. The van der Waals surface area contributed by atoms with E-state index in [2.05, 4.69) is 31.0 Å². The van der Waals surface area contributed by atoms with Gasteiger partial charge in [0, 0.05) is 18.1 Å². The van der Waals surface area contributed by atoms with E-state index in [4.69, 9.17) is 4.74 Å². The summed E-state index contributed by atoms with van der Waals surface area (Å²) in [6, 6.07) is 1.64. The first kappa shape index (κ1) is 17.4. The van der Waals surface area contributed by atoms with Crippen LogP contribution in [0.1, 0.15) is 60.3 Å². The average Bonchev–Trinajstić information content (AvgIpc) is 2.79. The van der Waals surface area contributed by atoms with Crippen molar-refractivity contribution in [2.24, 2.45) is 0 Å². The van der Waals surface area contributed by atoms with Crippen LogP contribution in [0.2, 0.25) is 0 Å². The number of nitrogens with zero attached hydrogens (tertiary/aromatic N) is 1. The van der Waals surface area contributed by atoms with Gasteiger partial charge in [-0.15, -0.1) is 0 Å². The van der Waals surface area contributed by atoms with E-state index in [1.807, 2.05) is 20.9 Å². The molecule has 1 N–H and O–H groups in total. The predicted molar refractivity (Wildman–Crippen MR) is 82.8 cm³/mol. The molecular formula is C16H32N2O2. The lowest BCUT2D eigenvalue weighted by atomic mass is 9.92. The van der Waals surface area contributed by atoms with Gasteiger partial charge in [-0.05, 0) is 60.4 Å². The molecule has 0 radical (unpaired) electrons. The predicted octanol–water partition coefficient (Wildman–Crippen LogP) is 2.57. The van der Waals surface area contributed by atoms with Gasteiger partial charge < -0.3 is 10.1 Å². The van der Waals surface area contributed by atoms with Crippen LogP contribution in [0.4, 0.5) is 0 Å². The van der Waals surface area contributed by atoms with E-state index < -0.39 is 5.54 Å². The molecule has 4 heteroatoms. The van der Waals surface area contributed by atoms with Gasteiger partial charge >= 0.3 is 5.97 Å². The summed E-state index contributed by atoms with van der Waals surface area (Å²) in [6.45, 7) is 11.0. The zero-order valence-electron chi connectivity index (χ0n) is 14.0. The van der Waals surface area contributed by atoms with Crippen LogP contribution in [0.15, 0.2) is 0 Å². The first-order chi connectivity index (χ1) is 9.39. The lowest BCUT2D eigenvalue weighted by Crippen LogP contribution is -2.54. The molecule has 0 aromatic carbocycles. The summed E-state index contributed by atoms with van der Waals surface area (Å²) >= 11 is 0. The molecule has 0 saturated carbocycles. The minimum absolute atomic E-state index is 0.144. The van der Waals surface area contributed by atoms with E-state index in [1.165, 1.54) is 19.3 Å². The van der Waals surface area contributed by atoms with Crippen LogP contribution in [-0.2, 0) is 9.53 Å². The van der Waals surface area contributed by atoms with Gasteiger partial charge in [0.05, 0.1) is 6.61 Å². The zero-order valence-corrected chi connectivity index (χ0v) is 14.0. The highest BCUT2D eigenvalue weighted by Gasteiger charge is 2.40. The number of hydrogen-bond acceptors (Lipinski definition) is 4. The molecule has 0 amide bonds. The van der Waals surface area contributed by atoms with E-state index in [0.29, 0.717) is 24.7 Å². The Bertz CT molecular complexity index is 322. The summed E-state index contributed by atoms with van der Waals surface area (Å²) in [5, 5.41) is 3.16. The molecule has 4 atom stereocenters. The van der Waals surface area contributed by atoms with E-state index >= 15 is 0 Å². The van der Waals surface area contributed by atoms with E-state index in [-0.39, 0.29) is 5.97 Å². The lowest BCUT2D eigenvalue weighted by Gasteiger charge is -2.38. The Morgan fingerprint density at radius 2 is 2.10 bits per heavy atom. The Morgan fingerprint density at radius 1 is 1.45 bits per heavy atom. The van der Waals surface area contributed by atoms with Crippen molar-refractivity contribution in [3.8, 4) is 0 Å². The van der Waals surface area contributed by atoms with Crippen molar-refractivity contribution in [2.75, 3.05) is 13.7 Å². The second-order valence-corrected chi connectivity index (χ2v) is 6.29. The van der Waals surface area contributed by atoms with E-state index in [1.54, 1.807) is 0 Å². The second-order valence-electron chi connectivity index (χ2n) is 6.29. The first-order valence-electron chi connectivity index (χ1n) is 8.03. The van der Waals surface area contributed by atoms with Gasteiger partial charge in [0.25, 0.3) is 0 Å². The third-order valence-electron chi connectivity index (χ3n) is 4.81. The molecule has 118 valence electrons. The van der Waals surface area contributed by atoms with Crippen LogP contribution < -0.4 is 5.32 Å². The topological polar surface area (TPSA) is 41.6 Å². The maximum absolute atomic E-state index is 12.2. The van der Waals surface area contributed by atoms with Crippen LogP contribution in [0, 0.1) is 0 Å². The van der Waals surface area contributed by atoms with Crippen molar-refractivity contribution < 1.29 is 9.53 Å². The molecule has 1 aliphatic heterocycles. The van der Waals surface area contributed by atoms with Crippen molar-refractivity contribution >= 4 is 5.97 Å². The van der Waals surface area contributed by atoms with Crippen molar-refractivity contribution in [2.45, 2.75) is 84.0 Å². The molecule has 0 aromatic heterocycles. The number of hydrogen-bond donors (Lipinski definition) is 1. The molecule has 20 heavy (non-hydrogen) atoms. The Hall–Kier alpha value is -0.610. The smallest absolute Gasteiger partial charge is 0.326 e. The third-order valence-corrected chi connectivity index (χ3v) is 4.81. The van der Waals surface area contributed by atoms with E-state index in [0.717, 1.165) is 6.42 Å². The van der Waals surface area contributed by atoms with Crippen LogP contribution in [0.5, 0.6) is 0 Å². The number of esters is 1. The van der Waals surface area contributed by atoms with E-state index in [9.17, 15) is 4.79 Å². The van der Waals surface area contributed by atoms with Gasteiger partial charge in [-0.1, -0.05) is 6.92 Å². The number of rotatable bonds is 7. The van der Waals surface area contributed by atoms with Gasteiger partial charge in [0.1, 0.15) is 5.54 Å². The molecule has 0 spiro atoms. The highest BCUT2D eigenvalue weighted by Crippen LogP contribution is 2.31. The monoisotopic (exact) mass is 284 g/mol. The fourth-order valence-corrected chi connectivity index (χ4v) is 3.57. The second kappa shape index (κ2) is 7.41. The lowest BCUT2D eigenvalue weighted by molar-refractivity contribution is -0.151. The Morgan fingerprint density at radius 3 is 2.60 bits per heavy atom. The van der Waals surface area contributed by atoms with Crippen LogP contribution in [0.25, 0.3) is 0 Å². The highest BCUT2D eigenvalue weighted by atomic mass is 16.5. The van der Waals surface area contributed by atoms with Crippen molar-refractivity contribution in [3.05, 3.63) is 0 Å². The number of nitrogens with one attached hydrogen (secondary N) is 1. The number of ether oxygens (including phenoxy) is 1. The number of carbonyl (C=O) groups is 1. The summed E-state index contributed by atoms with van der Waals surface area (Å²) < 4.78 is 5.22. The molecule has 1 rings (SSSR count). The maximum Gasteiger partial charge on any atom is 0.326 e. The summed E-state index contributed by atoms with van der Waals surface area (Å²) in [7, 11) is 1.84. The molecule has 1 saturated heterocycles. The summed E-state index contributed by atoms with van der Waals surface area (Å²) in [5.74, 6) is -0.144. The number of carbonyl (C=O) groups excluding carboxylic acids is 1. The molecule has 0 aromatic rings. The minimum Gasteiger partial charge on any atom is -0.465 e. The summed E-state index contributed by atoms with van der Waals surface area (Å²) in [4.78, 5) is 14.8. The zero-order chi connectivity index (χ0) is 15.3.